The van der Waals surface area contributed by atoms with Crippen LogP contribution in [0.15, 0.2) is 42.9 Å². The summed E-state index contributed by atoms with van der Waals surface area (Å²) in [6, 6.07) is 6.63. The smallest absolute Gasteiger partial charge is 0.257 e. The molecule has 2 aromatic heterocycles. The topological polar surface area (TPSA) is 46.1 Å². The molecule has 0 N–H and O–H groups in total. The largest absolute Gasteiger partial charge is 0.333 e. The predicted molar refractivity (Wildman–Crippen MR) is 68.9 cm³/mol. The van der Waals surface area contributed by atoms with Gasteiger partial charge in [0, 0.05) is 19.4 Å². The molecule has 98 valence electrons. The lowest BCUT2D eigenvalue weighted by molar-refractivity contribution is 0.0735. The number of halogens is 1. The van der Waals surface area contributed by atoms with Crippen molar-refractivity contribution in [3.63, 3.8) is 0 Å². The first-order valence-corrected chi connectivity index (χ1v) is 5.89. The van der Waals surface area contributed by atoms with Gasteiger partial charge in [0.2, 0.25) is 0 Å². The van der Waals surface area contributed by atoms with Gasteiger partial charge in [0.15, 0.2) is 5.82 Å². The highest BCUT2D eigenvalue weighted by Gasteiger charge is 2.21. The molecule has 0 unspecified atom stereocenters. The lowest BCUT2D eigenvalue weighted by Gasteiger charge is -2.24. The summed E-state index contributed by atoms with van der Waals surface area (Å²) >= 11 is 0. The summed E-state index contributed by atoms with van der Waals surface area (Å²) in [6.07, 6.45) is 4.10. The first-order valence-electron chi connectivity index (χ1n) is 5.89. The Morgan fingerprint density at radius 3 is 2.74 bits per heavy atom. The van der Waals surface area contributed by atoms with Crippen LogP contribution in [0.25, 0.3) is 0 Å². The number of carbonyl (C=O) groups excluding carboxylic acids is 1. The maximum atomic E-state index is 13.5. The highest BCUT2D eigenvalue weighted by molar-refractivity contribution is 5.94. The van der Waals surface area contributed by atoms with Gasteiger partial charge >= 0.3 is 0 Å². The minimum absolute atomic E-state index is 0.0141. The molecule has 0 saturated carbocycles. The summed E-state index contributed by atoms with van der Waals surface area (Å²) in [6.45, 7) is 1.85. The van der Waals surface area contributed by atoms with Crippen LogP contribution in [0.2, 0.25) is 0 Å². The third-order valence-electron chi connectivity index (χ3n) is 3.02. The Labute approximate surface area is 110 Å². The van der Waals surface area contributed by atoms with Crippen molar-refractivity contribution < 1.29 is 9.18 Å². The lowest BCUT2D eigenvalue weighted by atomic mass is 10.1. The molecule has 0 aliphatic rings. The molecule has 5 heteroatoms. The van der Waals surface area contributed by atoms with Gasteiger partial charge in [-0.15, -0.1) is 0 Å². The molecule has 4 nitrogen and oxygen atoms in total. The maximum Gasteiger partial charge on any atom is 0.257 e. The van der Waals surface area contributed by atoms with Crippen molar-refractivity contribution in [2.24, 2.45) is 0 Å². The Hall–Kier alpha value is -2.30. The zero-order valence-electron chi connectivity index (χ0n) is 10.7. The normalized spacial score (nSPS) is 11.9. The second kappa shape index (κ2) is 5.56. The second-order valence-electron chi connectivity index (χ2n) is 4.20. The molecule has 0 radical (unpaired) electrons. The van der Waals surface area contributed by atoms with Gasteiger partial charge in [0.1, 0.15) is 0 Å². The fourth-order valence-corrected chi connectivity index (χ4v) is 1.74. The van der Waals surface area contributed by atoms with Crippen molar-refractivity contribution in [3.05, 3.63) is 59.9 Å². The number of nitrogens with zero attached hydrogens (tertiary/aromatic N) is 3. The van der Waals surface area contributed by atoms with Gasteiger partial charge < -0.3 is 4.90 Å². The van der Waals surface area contributed by atoms with Crippen molar-refractivity contribution in [3.8, 4) is 0 Å². The van der Waals surface area contributed by atoms with Gasteiger partial charge in [-0.25, -0.2) is 4.39 Å². The molecule has 0 aromatic carbocycles. The van der Waals surface area contributed by atoms with E-state index in [4.69, 9.17) is 0 Å². The van der Waals surface area contributed by atoms with E-state index in [9.17, 15) is 9.18 Å². The molecule has 0 aliphatic carbocycles. The molecular formula is C14H14FN3O. The molecular weight excluding hydrogens is 245 g/mol. The third-order valence-corrected chi connectivity index (χ3v) is 3.02. The van der Waals surface area contributed by atoms with Crippen molar-refractivity contribution in [1.29, 1.82) is 0 Å². The Morgan fingerprint density at radius 2 is 2.11 bits per heavy atom. The summed E-state index contributed by atoms with van der Waals surface area (Å²) in [5.41, 5.74) is 0.771. The van der Waals surface area contributed by atoms with E-state index in [1.807, 2.05) is 19.1 Å². The van der Waals surface area contributed by atoms with Crippen LogP contribution in [0.3, 0.4) is 0 Å². The van der Waals surface area contributed by atoms with Crippen LogP contribution in [-0.2, 0) is 0 Å². The van der Waals surface area contributed by atoms with Gasteiger partial charge in [-0.1, -0.05) is 6.07 Å². The van der Waals surface area contributed by atoms with E-state index in [0.717, 1.165) is 11.9 Å². The van der Waals surface area contributed by atoms with E-state index in [1.54, 1.807) is 19.3 Å². The SMILES string of the molecule is C[C@@H](c1ccccn1)N(C)C(=O)c1ccncc1F. The summed E-state index contributed by atoms with van der Waals surface area (Å²) in [5.74, 6) is -1.01. The van der Waals surface area contributed by atoms with E-state index >= 15 is 0 Å². The average Bonchev–Trinajstić information content (AvgIpc) is 2.46. The molecule has 0 bridgehead atoms. The Bertz CT molecular complexity index is 574. The monoisotopic (exact) mass is 259 g/mol. The van der Waals surface area contributed by atoms with Crippen LogP contribution in [0.1, 0.15) is 29.0 Å². The van der Waals surface area contributed by atoms with E-state index in [0.29, 0.717) is 0 Å². The van der Waals surface area contributed by atoms with E-state index in [1.165, 1.54) is 17.2 Å². The zero-order valence-corrected chi connectivity index (χ0v) is 10.7. The Balaban J connectivity index is 2.23. The molecule has 1 amide bonds. The number of carbonyl (C=O) groups is 1. The van der Waals surface area contributed by atoms with Crippen LogP contribution in [0.4, 0.5) is 4.39 Å². The number of rotatable bonds is 3. The van der Waals surface area contributed by atoms with Crippen molar-refractivity contribution in [2.75, 3.05) is 7.05 Å². The van der Waals surface area contributed by atoms with Gasteiger partial charge in [-0.2, -0.15) is 0 Å². The zero-order chi connectivity index (χ0) is 13.8. The number of hydrogen-bond acceptors (Lipinski definition) is 3. The number of aromatic nitrogens is 2. The summed E-state index contributed by atoms with van der Waals surface area (Å²) in [5, 5.41) is 0. The van der Waals surface area contributed by atoms with Crippen molar-refractivity contribution in [2.45, 2.75) is 13.0 Å². The molecule has 2 heterocycles. The Kier molecular flexibility index (Phi) is 3.85. The van der Waals surface area contributed by atoms with Crippen LogP contribution in [-0.4, -0.2) is 27.8 Å². The highest BCUT2D eigenvalue weighted by Crippen LogP contribution is 2.19. The van der Waals surface area contributed by atoms with Crippen molar-refractivity contribution >= 4 is 5.91 Å². The Morgan fingerprint density at radius 1 is 1.32 bits per heavy atom. The molecule has 1 atom stereocenters. The molecule has 2 rings (SSSR count). The first-order chi connectivity index (χ1) is 9.11. The highest BCUT2D eigenvalue weighted by atomic mass is 19.1. The first kappa shape index (κ1) is 13.1. The standard InChI is InChI=1S/C14H14FN3O/c1-10(13-5-3-4-7-17-13)18(2)14(19)11-6-8-16-9-12(11)15/h3-10H,1-2H3/t10-/m0/s1. The molecule has 0 spiro atoms. The van der Waals surface area contributed by atoms with Crippen LogP contribution >= 0.6 is 0 Å². The number of hydrogen-bond donors (Lipinski definition) is 0. The fraction of sp³-hybridized carbons (Fsp3) is 0.214. The summed E-state index contributed by atoms with van der Waals surface area (Å²) in [7, 11) is 1.63. The minimum Gasteiger partial charge on any atom is -0.333 e. The molecule has 19 heavy (non-hydrogen) atoms. The van der Waals surface area contributed by atoms with Crippen molar-refractivity contribution in [1.82, 2.24) is 14.9 Å². The van der Waals surface area contributed by atoms with Gasteiger partial charge in [0.25, 0.3) is 5.91 Å². The lowest BCUT2D eigenvalue weighted by Crippen LogP contribution is -2.30. The average molecular weight is 259 g/mol. The summed E-state index contributed by atoms with van der Waals surface area (Å²) < 4.78 is 13.5. The van der Waals surface area contributed by atoms with Crippen LogP contribution < -0.4 is 0 Å². The van der Waals surface area contributed by atoms with E-state index in [-0.39, 0.29) is 11.6 Å². The molecule has 2 aromatic rings. The van der Waals surface area contributed by atoms with Crippen LogP contribution in [0.5, 0.6) is 0 Å². The minimum atomic E-state index is -0.618. The van der Waals surface area contributed by atoms with Crippen LogP contribution in [0, 0.1) is 5.82 Å². The second-order valence-corrected chi connectivity index (χ2v) is 4.20. The quantitative estimate of drug-likeness (QED) is 0.850. The molecule has 0 fully saturated rings. The third kappa shape index (κ3) is 2.76. The van der Waals surface area contributed by atoms with Gasteiger partial charge in [-0.3, -0.25) is 14.8 Å². The van der Waals surface area contributed by atoms with E-state index in [2.05, 4.69) is 9.97 Å². The van der Waals surface area contributed by atoms with Gasteiger partial charge in [0.05, 0.1) is 23.5 Å². The maximum absolute atomic E-state index is 13.5. The van der Waals surface area contributed by atoms with E-state index < -0.39 is 11.7 Å². The number of pyridine rings is 2. The predicted octanol–water partition coefficient (Wildman–Crippen LogP) is 2.45. The fourth-order valence-electron chi connectivity index (χ4n) is 1.74. The van der Waals surface area contributed by atoms with Gasteiger partial charge in [-0.05, 0) is 25.1 Å². The molecule has 0 aliphatic heterocycles. The summed E-state index contributed by atoms with van der Waals surface area (Å²) in [4.78, 5) is 21.5. The molecule has 0 saturated heterocycles. The number of amides is 1.